The Kier molecular flexibility index (Phi) is 5.51. The number of hydrogen-bond donors (Lipinski definition) is 2. The number of rotatable bonds is 7. The predicted octanol–water partition coefficient (Wildman–Crippen LogP) is 5.07. The molecular formula is C20H25N5O. The Morgan fingerprint density at radius 1 is 1.00 bits per heavy atom. The summed E-state index contributed by atoms with van der Waals surface area (Å²) in [6.45, 7) is 9.29. The lowest BCUT2D eigenvalue weighted by Crippen LogP contribution is -2.08. The lowest BCUT2D eigenvalue weighted by Gasteiger charge is -2.20. The second-order valence-corrected chi connectivity index (χ2v) is 6.84. The molecule has 2 heterocycles. The molecule has 136 valence electrons. The highest BCUT2D eigenvalue weighted by Gasteiger charge is 2.14. The fourth-order valence-electron chi connectivity index (χ4n) is 2.84. The van der Waals surface area contributed by atoms with Crippen molar-refractivity contribution < 1.29 is 4.42 Å². The SMILES string of the molecule is CC(C)c1cccc(C(C)C)c1Nc1cnnc(NCc2ccco2)n1. The molecule has 6 heteroatoms. The maximum Gasteiger partial charge on any atom is 0.245 e. The molecule has 2 aromatic heterocycles. The standard InChI is InChI=1S/C20H25N5O/c1-13(2)16-8-5-9-17(14(3)4)19(16)23-18-12-22-25-20(24-18)21-11-15-7-6-10-26-15/h5-10,12-14H,11H2,1-4H3,(H2,21,23,24,25). The molecule has 0 unspecified atom stereocenters. The van der Waals surface area contributed by atoms with Gasteiger partial charge in [-0.25, -0.2) is 0 Å². The summed E-state index contributed by atoms with van der Waals surface area (Å²) >= 11 is 0. The van der Waals surface area contributed by atoms with E-state index in [0.29, 0.717) is 30.1 Å². The second-order valence-electron chi connectivity index (χ2n) is 6.84. The Morgan fingerprint density at radius 2 is 1.73 bits per heavy atom. The molecule has 6 nitrogen and oxygen atoms in total. The first-order valence-corrected chi connectivity index (χ1v) is 8.90. The molecule has 0 spiro atoms. The molecule has 0 fully saturated rings. The minimum absolute atomic E-state index is 0.405. The number of aromatic nitrogens is 3. The van der Waals surface area contributed by atoms with E-state index in [1.54, 1.807) is 12.5 Å². The fraction of sp³-hybridized carbons (Fsp3) is 0.350. The Balaban J connectivity index is 1.83. The zero-order chi connectivity index (χ0) is 18.5. The highest BCUT2D eigenvalue weighted by Crippen LogP contribution is 2.34. The molecule has 0 saturated heterocycles. The third kappa shape index (κ3) is 4.20. The number of nitrogens with zero attached hydrogens (tertiary/aromatic N) is 3. The van der Waals surface area contributed by atoms with Crippen LogP contribution in [0.1, 0.15) is 56.4 Å². The van der Waals surface area contributed by atoms with Gasteiger partial charge in [0.15, 0.2) is 5.82 Å². The first-order valence-electron chi connectivity index (χ1n) is 8.90. The van der Waals surface area contributed by atoms with Crippen molar-refractivity contribution in [3.05, 3.63) is 59.7 Å². The number of para-hydroxylation sites is 1. The summed E-state index contributed by atoms with van der Waals surface area (Å²) in [6, 6.07) is 10.2. The molecule has 0 aliphatic carbocycles. The highest BCUT2D eigenvalue weighted by molar-refractivity contribution is 5.66. The van der Waals surface area contributed by atoms with Gasteiger partial charge >= 0.3 is 0 Å². The summed E-state index contributed by atoms with van der Waals surface area (Å²) in [5.41, 5.74) is 3.63. The minimum Gasteiger partial charge on any atom is -0.467 e. The molecule has 1 aromatic carbocycles. The average Bonchev–Trinajstić information content (AvgIpc) is 3.13. The normalized spacial score (nSPS) is 11.2. The topological polar surface area (TPSA) is 75.9 Å². The van der Waals surface area contributed by atoms with E-state index in [9.17, 15) is 0 Å². The molecule has 0 saturated carbocycles. The van der Waals surface area contributed by atoms with Crippen LogP contribution in [0.2, 0.25) is 0 Å². The molecule has 3 aromatic rings. The van der Waals surface area contributed by atoms with Crippen LogP contribution >= 0.6 is 0 Å². The van der Waals surface area contributed by atoms with Gasteiger partial charge in [-0.2, -0.15) is 10.1 Å². The molecule has 0 amide bonds. The highest BCUT2D eigenvalue weighted by atomic mass is 16.3. The second kappa shape index (κ2) is 7.99. The molecule has 26 heavy (non-hydrogen) atoms. The smallest absolute Gasteiger partial charge is 0.245 e. The van der Waals surface area contributed by atoms with E-state index in [1.165, 1.54) is 11.1 Å². The summed E-state index contributed by atoms with van der Waals surface area (Å²) in [5.74, 6) is 2.75. The van der Waals surface area contributed by atoms with Crippen molar-refractivity contribution in [1.29, 1.82) is 0 Å². The fourth-order valence-corrected chi connectivity index (χ4v) is 2.84. The van der Waals surface area contributed by atoms with Crippen LogP contribution in [0.15, 0.2) is 47.2 Å². The van der Waals surface area contributed by atoms with E-state index in [1.807, 2.05) is 12.1 Å². The molecule has 2 N–H and O–H groups in total. The van der Waals surface area contributed by atoms with Gasteiger partial charge in [-0.15, -0.1) is 5.10 Å². The Hall–Kier alpha value is -2.89. The van der Waals surface area contributed by atoms with Crippen molar-refractivity contribution in [3.63, 3.8) is 0 Å². The van der Waals surface area contributed by atoms with Crippen LogP contribution in [0.25, 0.3) is 0 Å². The molecule has 3 rings (SSSR count). The third-order valence-corrected chi connectivity index (χ3v) is 4.19. The summed E-state index contributed by atoms with van der Waals surface area (Å²) in [4.78, 5) is 4.53. The van der Waals surface area contributed by atoms with E-state index in [2.05, 4.69) is 71.7 Å². The zero-order valence-electron chi connectivity index (χ0n) is 15.7. The van der Waals surface area contributed by atoms with Gasteiger partial charge in [0.05, 0.1) is 19.0 Å². The van der Waals surface area contributed by atoms with Crippen molar-refractivity contribution in [2.75, 3.05) is 10.6 Å². The molecule has 0 radical (unpaired) electrons. The van der Waals surface area contributed by atoms with Crippen LogP contribution in [0.4, 0.5) is 17.5 Å². The summed E-state index contributed by atoms with van der Waals surface area (Å²) < 4.78 is 5.31. The van der Waals surface area contributed by atoms with Gasteiger partial charge in [0.2, 0.25) is 5.95 Å². The van der Waals surface area contributed by atoms with E-state index in [0.717, 1.165) is 11.4 Å². The molecule has 0 bridgehead atoms. The Morgan fingerprint density at radius 3 is 2.35 bits per heavy atom. The molecule has 0 atom stereocenters. The first kappa shape index (κ1) is 17.9. The lowest BCUT2D eigenvalue weighted by molar-refractivity contribution is 0.517. The Labute approximate surface area is 154 Å². The van der Waals surface area contributed by atoms with Crippen molar-refractivity contribution in [2.45, 2.75) is 46.1 Å². The van der Waals surface area contributed by atoms with Crippen LogP contribution in [0.3, 0.4) is 0 Å². The number of furan rings is 1. The maximum atomic E-state index is 5.31. The van der Waals surface area contributed by atoms with E-state index in [-0.39, 0.29) is 0 Å². The van der Waals surface area contributed by atoms with Crippen LogP contribution in [0, 0.1) is 0 Å². The first-order chi connectivity index (χ1) is 12.5. The van der Waals surface area contributed by atoms with Gasteiger partial charge in [-0.05, 0) is 35.1 Å². The monoisotopic (exact) mass is 351 g/mol. The van der Waals surface area contributed by atoms with Crippen molar-refractivity contribution in [3.8, 4) is 0 Å². The van der Waals surface area contributed by atoms with Crippen molar-refractivity contribution >= 4 is 17.5 Å². The number of hydrogen-bond acceptors (Lipinski definition) is 6. The van der Waals surface area contributed by atoms with Gasteiger partial charge in [0.25, 0.3) is 0 Å². The predicted molar refractivity (Wildman–Crippen MR) is 104 cm³/mol. The van der Waals surface area contributed by atoms with Gasteiger partial charge in [-0.1, -0.05) is 45.9 Å². The number of benzene rings is 1. The summed E-state index contributed by atoms with van der Waals surface area (Å²) in [7, 11) is 0. The maximum absolute atomic E-state index is 5.31. The molecular weight excluding hydrogens is 326 g/mol. The van der Waals surface area contributed by atoms with Gasteiger partial charge < -0.3 is 15.1 Å². The van der Waals surface area contributed by atoms with E-state index in [4.69, 9.17) is 4.42 Å². The van der Waals surface area contributed by atoms with Gasteiger partial charge in [0.1, 0.15) is 5.76 Å². The van der Waals surface area contributed by atoms with Crippen LogP contribution in [-0.2, 0) is 6.54 Å². The quantitative estimate of drug-likeness (QED) is 0.619. The average molecular weight is 351 g/mol. The molecule has 0 aliphatic rings. The van der Waals surface area contributed by atoms with Crippen LogP contribution < -0.4 is 10.6 Å². The van der Waals surface area contributed by atoms with Crippen LogP contribution in [0.5, 0.6) is 0 Å². The van der Waals surface area contributed by atoms with Crippen molar-refractivity contribution in [1.82, 2.24) is 15.2 Å². The number of anilines is 3. The van der Waals surface area contributed by atoms with E-state index >= 15 is 0 Å². The van der Waals surface area contributed by atoms with Crippen LogP contribution in [-0.4, -0.2) is 15.2 Å². The number of nitrogens with one attached hydrogen (secondary N) is 2. The summed E-state index contributed by atoms with van der Waals surface area (Å²) in [6.07, 6.45) is 3.28. The third-order valence-electron chi connectivity index (χ3n) is 4.19. The van der Waals surface area contributed by atoms with Gasteiger partial charge in [-0.3, -0.25) is 0 Å². The van der Waals surface area contributed by atoms with Gasteiger partial charge in [0, 0.05) is 5.69 Å². The van der Waals surface area contributed by atoms with Crippen molar-refractivity contribution in [2.24, 2.45) is 0 Å². The lowest BCUT2D eigenvalue weighted by atomic mass is 9.92. The summed E-state index contributed by atoms with van der Waals surface area (Å²) in [5, 5.41) is 14.7. The zero-order valence-corrected chi connectivity index (χ0v) is 15.7. The molecule has 0 aliphatic heterocycles. The largest absolute Gasteiger partial charge is 0.467 e. The minimum atomic E-state index is 0.405. The van der Waals surface area contributed by atoms with E-state index < -0.39 is 0 Å². The Bertz CT molecular complexity index is 817.